The molecule has 6 heteroatoms. The number of piperidine rings is 1. The summed E-state index contributed by atoms with van der Waals surface area (Å²) in [6, 6.07) is 9.68. The summed E-state index contributed by atoms with van der Waals surface area (Å²) >= 11 is 0. The third-order valence-corrected chi connectivity index (χ3v) is 7.46. The maximum Gasteiger partial charge on any atom is 0.178 e. The molecule has 1 N–H and O–H groups in total. The van der Waals surface area contributed by atoms with E-state index in [9.17, 15) is 8.42 Å². The van der Waals surface area contributed by atoms with Crippen LogP contribution in [0.1, 0.15) is 25.5 Å². The molecule has 0 saturated carbocycles. The third kappa shape index (κ3) is 3.56. The predicted octanol–water partition coefficient (Wildman–Crippen LogP) is 3.63. The summed E-state index contributed by atoms with van der Waals surface area (Å²) in [5.41, 5.74) is 2.79. The van der Waals surface area contributed by atoms with Crippen molar-refractivity contribution >= 4 is 9.84 Å². The Morgan fingerprint density at radius 1 is 1.22 bits per heavy atom. The molecule has 2 heterocycles. The van der Waals surface area contributed by atoms with Crippen molar-refractivity contribution in [2.45, 2.75) is 37.2 Å². The molecule has 1 aliphatic carbocycles. The summed E-state index contributed by atoms with van der Waals surface area (Å²) in [6.07, 6.45) is 7.16. The first kappa shape index (κ1) is 18.3. The lowest BCUT2D eigenvalue weighted by Crippen LogP contribution is -2.37. The summed E-state index contributed by atoms with van der Waals surface area (Å²) in [7, 11) is -1.66. The van der Waals surface area contributed by atoms with E-state index >= 15 is 0 Å². The molecule has 0 spiro atoms. The number of benzene rings is 1. The highest BCUT2D eigenvalue weighted by atomic mass is 32.2. The number of nitrogens with zero attached hydrogens (tertiary/aromatic N) is 1. The first-order valence-corrected chi connectivity index (χ1v) is 11.2. The second kappa shape index (κ2) is 7.17. The van der Waals surface area contributed by atoms with Gasteiger partial charge in [0.15, 0.2) is 9.84 Å². The first-order valence-electron chi connectivity index (χ1n) is 9.51. The lowest BCUT2D eigenvalue weighted by atomic mass is 9.98. The van der Waals surface area contributed by atoms with Crippen LogP contribution >= 0.6 is 0 Å². The maximum absolute atomic E-state index is 12.3. The van der Waals surface area contributed by atoms with Crippen molar-refractivity contribution in [3.63, 3.8) is 0 Å². The second-order valence-corrected chi connectivity index (χ2v) is 9.65. The number of rotatable bonds is 6. The number of fused-ring (bicyclic) bond motifs is 2. The minimum absolute atomic E-state index is 0.0829. The number of allylic oxidation sites excluding steroid dienone is 1. The zero-order chi connectivity index (χ0) is 19.0. The number of aromatic amines is 1. The normalized spacial score (nSPS) is 22.3. The Kier molecular flexibility index (Phi) is 4.86. The van der Waals surface area contributed by atoms with Crippen LogP contribution in [0.3, 0.4) is 0 Å². The average molecular weight is 387 g/mol. The molecular formula is C21H26N2O3S. The number of aromatic nitrogens is 1. The van der Waals surface area contributed by atoms with Gasteiger partial charge in [0, 0.05) is 29.5 Å². The van der Waals surface area contributed by atoms with Crippen LogP contribution in [0.2, 0.25) is 0 Å². The Labute approximate surface area is 161 Å². The van der Waals surface area contributed by atoms with Crippen LogP contribution in [0.4, 0.5) is 0 Å². The van der Waals surface area contributed by atoms with Crippen molar-refractivity contribution in [3.8, 4) is 17.0 Å². The Morgan fingerprint density at radius 2 is 2.07 bits per heavy atom. The Bertz CT molecular complexity index is 962. The highest BCUT2D eigenvalue weighted by Gasteiger charge is 2.29. The van der Waals surface area contributed by atoms with E-state index in [0.29, 0.717) is 16.7 Å². The molecule has 2 bridgehead atoms. The van der Waals surface area contributed by atoms with Crippen LogP contribution in [-0.2, 0) is 16.4 Å². The van der Waals surface area contributed by atoms with Crippen LogP contribution in [0.25, 0.3) is 11.3 Å². The second-order valence-electron chi connectivity index (χ2n) is 7.37. The number of hydrogen-bond acceptors (Lipinski definition) is 4. The Hall–Kier alpha value is -2.05. The maximum atomic E-state index is 12.3. The van der Waals surface area contributed by atoms with Gasteiger partial charge in [-0.1, -0.05) is 19.1 Å². The number of nitrogens with one attached hydrogen (secondary N) is 1. The fourth-order valence-corrected chi connectivity index (χ4v) is 5.00. The SMILES string of the molecule is CCS(=O)(=O)c1ccc(OC)c(-c2ccc(CN3CCC4C=CC3C4)[nH]2)c1. The summed E-state index contributed by atoms with van der Waals surface area (Å²) in [5, 5.41) is 0. The summed E-state index contributed by atoms with van der Waals surface area (Å²) in [5.74, 6) is 1.51. The molecule has 2 aliphatic rings. The van der Waals surface area contributed by atoms with Crippen molar-refractivity contribution in [3.05, 3.63) is 48.2 Å². The van der Waals surface area contributed by atoms with Crippen LogP contribution in [0.5, 0.6) is 5.75 Å². The zero-order valence-electron chi connectivity index (χ0n) is 15.8. The van der Waals surface area contributed by atoms with Crippen molar-refractivity contribution in [1.29, 1.82) is 0 Å². The van der Waals surface area contributed by atoms with Crippen molar-refractivity contribution < 1.29 is 13.2 Å². The summed E-state index contributed by atoms with van der Waals surface area (Å²) < 4.78 is 30.0. The minimum Gasteiger partial charge on any atom is -0.496 e. The minimum atomic E-state index is -3.26. The molecule has 1 aromatic carbocycles. The van der Waals surface area contributed by atoms with Gasteiger partial charge in [-0.05, 0) is 55.6 Å². The molecule has 2 unspecified atom stereocenters. The largest absolute Gasteiger partial charge is 0.496 e. The van der Waals surface area contributed by atoms with Gasteiger partial charge in [0.2, 0.25) is 0 Å². The Morgan fingerprint density at radius 3 is 2.85 bits per heavy atom. The molecule has 4 rings (SSSR count). The van der Waals surface area contributed by atoms with E-state index in [4.69, 9.17) is 4.74 Å². The van der Waals surface area contributed by atoms with Crippen molar-refractivity contribution in [2.24, 2.45) is 5.92 Å². The fraction of sp³-hybridized carbons (Fsp3) is 0.429. The van der Waals surface area contributed by atoms with Crippen molar-refractivity contribution in [2.75, 3.05) is 19.4 Å². The molecule has 1 aliphatic heterocycles. The highest BCUT2D eigenvalue weighted by molar-refractivity contribution is 7.91. The summed E-state index contributed by atoms with van der Waals surface area (Å²) in [4.78, 5) is 6.30. The van der Waals surface area contributed by atoms with Crippen LogP contribution < -0.4 is 4.74 Å². The van der Waals surface area contributed by atoms with Crippen LogP contribution in [-0.4, -0.2) is 43.8 Å². The van der Waals surface area contributed by atoms with Gasteiger partial charge in [0.05, 0.1) is 17.8 Å². The summed E-state index contributed by atoms with van der Waals surface area (Å²) in [6.45, 7) is 3.65. The van der Waals surface area contributed by atoms with E-state index in [1.54, 1.807) is 32.2 Å². The quantitative estimate of drug-likeness (QED) is 0.770. The number of likely N-dealkylation sites (tertiary alicyclic amines) is 1. The molecular weight excluding hydrogens is 360 g/mol. The predicted molar refractivity (Wildman–Crippen MR) is 107 cm³/mol. The van der Waals surface area contributed by atoms with Gasteiger partial charge in [-0.25, -0.2) is 8.42 Å². The third-order valence-electron chi connectivity index (χ3n) is 5.73. The molecule has 27 heavy (non-hydrogen) atoms. The van der Waals surface area contributed by atoms with E-state index < -0.39 is 9.84 Å². The van der Waals surface area contributed by atoms with E-state index in [1.165, 1.54) is 12.8 Å². The van der Waals surface area contributed by atoms with E-state index in [0.717, 1.165) is 36.0 Å². The molecule has 2 atom stereocenters. The number of H-pyrrole nitrogens is 1. The van der Waals surface area contributed by atoms with Gasteiger partial charge < -0.3 is 9.72 Å². The molecule has 1 aromatic heterocycles. The van der Waals surface area contributed by atoms with Gasteiger partial charge in [-0.2, -0.15) is 0 Å². The van der Waals surface area contributed by atoms with E-state index in [2.05, 4.69) is 28.1 Å². The highest BCUT2D eigenvalue weighted by Crippen LogP contribution is 2.34. The molecule has 1 fully saturated rings. The van der Waals surface area contributed by atoms with Gasteiger partial charge in [-0.15, -0.1) is 0 Å². The lowest BCUT2D eigenvalue weighted by Gasteiger charge is -2.32. The van der Waals surface area contributed by atoms with Gasteiger partial charge >= 0.3 is 0 Å². The lowest BCUT2D eigenvalue weighted by molar-refractivity contribution is 0.161. The fourth-order valence-electron chi connectivity index (χ4n) is 4.10. The van der Waals surface area contributed by atoms with Crippen LogP contribution in [0.15, 0.2) is 47.4 Å². The molecule has 0 amide bonds. The molecule has 1 saturated heterocycles. The monoisotopic (exact) mass is 386 g/mol. The smallest absolute Gasteiger partial charge is 0.178 e. The topological polar surface area (TPSA) is 62.4 Å². The zero-order valence-corrected chi connectivity index (χ0v) is 16.6. The van der Waals surface area contributed by atoms with E-state index in [1.807, 2.05) is 6.07 Å². The van der Waals surface area contributed by atoms with Crippen molar-refractivity contribution in [1.82, 2.24) is 9.88 Å². The van der Waals surface area contributed by atoms with Gasteiger partial charge in [0.25, 0.3) is 0 Å². The van der Waals surface area contributed by atoms with Gasteiger partial charge in [-0.3, -0.25) is 4.90 Å². The standard InChI is InChI=1S/C21H26N2O3S/c1-3-27(24,25)18-7-9-21(26-2)19(13-18)20-8-5-16(22-20)14-23-11-10-15-4-6-17(23)12-15/h4-9,13,15,17,22H,3,10-12,14H2,1-2H3. The first-order chi connectivity index (χ1) is 13.0. The average Bonchev–Trinajstić information content (AvgIpc) is 3.30. The molecule has 0 radical (unpaired) electrons. The molecule has 144 valence electrons. The number of sulfone groups is 1. The number of methoxy groups -OCH3 is 1. The van der Waals surface area contributed by atoms with E-state index in [-0.39, 0.29) is 5.75 Å². The molecule has 5 nitrogen and oxygen atoms in total. The van der Waals surface area contributed by atoms with Crippen LogP contribution in [0, 0.1) is 5.92 Å². The van der Waals surface area contributed by atoms with Gasteiger partial charge in [0.1, 0.15) is 5.75 Å². The molecule has 2 aromatic rings. The number of ether oxygens (including phenoxy) is 1. The Balaban J connectivity index is 1.60. The number of hydrogen-bond donors (Lipinski definition) is 1.